The molecule has 1 amide bonds. The molecule has 2 heterocycles. The van der Waals surface area contributed by atoms with E-state index in [1.54, 1.807) is 30.5 Å². The maximum atomic E-state index is 12.5. The van der Waals surface area contributed by atoms with Gasteiger partial charge < -0.3 is 10.6 Å². The van der Waals surface area contributed by atoms with Crippen LogP contribution in [0.25, 0.3) is 10.9 Å². The van der Waals surface area contributed by atoms with Gasteiger partial charge in [-0.2, -0.15) is 0 Å². The summed E-state index contributed by atoms with van der Waals surface area (Å²) in [5.74, 6) is 0.393. The number of halogens is 1. The lowest BCUT2D eigenvalue weighted by Crippen LogP contribution is -2.13. The number of nitrogens with zero attached hydrogens (tertiary/aromatic N) is 2. The molecule has 2 N–H and O–H groups in total. The second kappa shape index (κ2) is 7.66. The zero-order valence-corrected chi connectivity index (χ0v) is 15.9. The molecule has 0 bridgehead atoms. The molecule has 28 heavy (non-hydrogen) atoms. The largest absolute Gasteiger partial charge is 0.338 e. The molecule has 4 rings (SSSR count). The summed E-state index contributed by atoms with van der Waals surface area (Å²) in [5.41, 5.74) is 3.69. The fraction of sp³-hybridized carbons (Fsp3) is 0.0455. The average Bonchev–Trinajstić information content (AvgIpc) is 2.72. The molecular formula is C22H17ClN4O. The van der Waals surface area contributed by atoms with Crippen LogP contribution in [-0.2, 0) is 0 Å². The molecule has 2 aromatic carbocycles. The lowest BCUT2D eigenvalue weighted by atomic mass is 10.2. The minimum Gasteiger partial charge on any atom is -0.338 e. The highest BCUT2D eigenvalue weighted by Gasteiger charge is 2.10. The summed E-state index contributed by atoms with van der Waals surface area (Å²) >= 11 is 6.11. The lowest BCUT2D eigenvalue weighted by Gasteiger charge is -2.11. The summed E-state index contributed by atoms with van der Waals surface area (Å²) in [6.07, 6.45) is 3.29. The molecule has 0 radical (unpaired) electrons. The van der Waals surface area contributed by atoms with Gasteiger partial charge in [-0.3, -0.25) is 9.78 Å². The zero-order chi connectivity index (χ0) is 19.5. The Morgan fingerprint density at radius 1 is 0.929 bits per heavy atom. The van der Waals surface area contributed by atoms with Crippen molar-refractivity contribution in [1.82, 2.24) is 9.97 Å². The molecule has 4 aromatic rings. The first-order chi connectivity index (χ1) is 13.6. The van der Waals surface area contributed by atoms with Gasteiger partial charge in [-0.05, 0) is 48.9 Å². The van der Waals surface area contributed by atoms with Crippen LogP contribution in [0.4, 0.5) is 17.2 Å². The number of benzene rings is 2. The first kappa shape index (κ1) is 17.9. The number of carbonyl (C=O) groups is 1. The van der Waals surface area contributed by atoms with E-state index in [4.69, 9.17) is 11.6 Å². The van der Waals surface area contributed by atoms with Crippen LogP contribution >= 0.6 is 11.6 Å². The Morgan fingerprint density at radius 3 is 2.54 bits per heavy atom. The quantitative estimate of drug-likeness (QED) is 0.478. The second-order valence-corrected chi connectivity index (χ2v) is 6.71. The van der Waals surface area contributed by atoms with Crippen molar-refractivity contribution < 1.29 is 4.79 Å². The van der Waals surface area contributed by atoms with Crippen molar-refractivity contribution in [1.29, 1.82) is 0 Å². The third-order valence-electron chi connectivity index (χ3n) is 4.44. The van der Waals surface area contributed by atoms with Crippen molar-refractivity contribution in [2.24, 2.45) is 0 Å². The van der Waals surface area contributed by atoms with E-state index in [0.717, 1.165) is 22.2 Å². The van der Waals surface area contributed by atoms with Crippen LogP contribution in [0.2, 0.25) is 5.02 Å². The molecular weight excluding hydrogens is 372 g/mol. The van der Waals surface area contributed by atoms with Crippen LogP contribution in [0.15, 0.2) is 73.1 Å². The number of amides is 1. The predicted octanol–water partition coefficient (Wildman–Crippen LogP) is 5.59. The van der Waals surface area contributed by atoms with E-state index in [9.17, 15) is 4.79 Å². The number of aromatic nitrogens is 2. The SMILES string of the molecule is Cc1c(Cl)cccc1NC(=O)c1ccc(Nc2cccc3cccnc23)nc1. The normalized spacial score (nSPS) is 10.6. The van der Waals surface area contributed by atoms with Crippen LogP contribution in [0.5, 0.6) is 0 Å². The van der Waals surface area contributed by atoms with E-state index in [1.807, 2.05) is 43.3 Å². The van der Waals surface area contributed by atoms with Gasteiger partial charge >= 0.3 is 0 Å². The van der Waals surface area contributed by atoms with Crippen molar-refractivity contribution in [2.45, 2.75) is 6.92 Å². The summed E-state index contributed by atoms with van der Waals surface area (Å²) in [6.45, 7) is 1.86. The summed E-state index contributed by atoms with van der Waals surface area (Å²) < 4.78 is 0. The highest BCUT2D eigenvalue weighted by atomic mass is 35.5. The Morgan fingerprint density at radius 2 is 1.71 bits per heavy atom. The molecule has 0 fully saturated rings. The Kier molecular flexibility index (Phi) is 4.91. The van der Waals surface area contributed by atoms with Gasteiger partial charge in [0.1, 0.15) is 5.82 Å². The maximum absolute atomic E-state index is 12.5. The summed E-state index contributed by atoms with van der Waals surface area (Å²) in [5, 5.41) is 7.78. The first-order valence-electron chi connectivity index (χ1n) is 8.75. The smallest absolute Gasteiger partial charge is 0.257 e. The number of rotatable bonds is 4. The Labute approximate surface area is 167 Å². The number of pyridine rings is 2. The fourth-order valence-corrected chi connectivity index (χ4v) is 3.06. The van der Waals surface area contributed by atoms with E-state index < -0.39 is 0 Å². The molecule has 6 heteroatoms. The van der Waals surface area contributed by atoms with Crippen molar-refractivity contribution in [3.05, 3.63) is 89.2 Å². The lowest BCUT2D eigenvalue weighted by molar-refractivity contribution is 0.102. The van der Waals surface area contributed by atoms with Crippen LogP contribution in [0, 0.1) is 6.92 Å². The van der Waals surface area contributed by atoms with Gasteiger partial charge in [0, 0.05) is 28.5 Å². The molecule has 0 aliphatic carbocycles. The average molecular weight is 389 g/mol. The number of anilines is 3. The van der Waals surface area contributed by atoms with Crippen molar-refractivity contribution in [3.8, 4) is 0 Å². The molecule has 0 aliphatic heterocycles. The van der Waals surface area contributed by atoms with Gasteiger partial charge in [0.05, 0.1) is 16.8 Å². The molecule has 0 spiro atoms. The first-order valence-corrected chi connectivity index (χ1v) is 9.13. The minimum atomic E-state index is -0.240. The summed E-state index contributed by atoms with van der Waals surface area (Å²) in [4.78, 5) is 21.3. The van der Waals surface area contributed by atoms with Gasteiger partial charge in [-0.25, -0.2) is 4.98 Å². The Hall–Kier alpha value is -3.44. The van der Waals surface area contributed by atoms with E-state index in [1.165, 1.54) is 6.20 Å². The number of nitrogens with one attached hydrogen (secondary N) is 2. The van der Waals surface area contributed by atoms with Crippen molar-refractivity contribution in [3.63, 3.8) is 0 Å². The number of hydrogen-bond donors (Lipinski definition) is 2. The van der Waals surface area contributed by atoms with Gasteiger partial charge in [-0.1, -0.05) is 35.9 Å². The maximum Gasteiger partial charge on any atom is 0.257 e. The van der Waals surface area contributed by atoms with E-state index in [2.05, 4.69) is 20.6 Å². The van der Waals surface area contributed by atoms with Crippen LogP contribution in [-0.4, -0.2) is 15.9 Å². The molecule has 0 saturated heterocycles. The monoisotopic (exact) mass is 388 g/mol. The van der Waals surface area contributed by atoms with Gasteiger partial charge in [0.2, 0.25) is 0 Å². The zero-order valence-electron chi connectivity index (χ0n) is 15.1. The van der Waals surface area contributed by atoms with E-state index >= 15 is 0 Å². The summed E-state index contributed by atoms with van der Waals surface area (Å²) in [7, 11) is 0. The van der Waals surface area contributed by atoms with Crippen LogP contribution < -0.4 is 10.6 Å². The van der Waals surface area contributed by atoms with Crippen molar-refractivity contribution in [2.75, 3.05) is 10.6 Å². The molecule has 0 saturated carbocycles. The standard InChI is InChI=1S/C22H17ClN4O/c1-14-17(23)7-3-8-18(14)27-22(28)16-10-11-20(25-13-16)26-19-9-2-5-15-6-4-12-24-21(15)19/h2-13H,1H3,(H,25,26)(H,27,28). The topological polar surface area (TPSA) is 66.9 Å². The Balaban J connectivity index is 1.52. The molecule has 138 valence electrons. The van der Waals surface area contributed by atoms with E-state index in [-0.39, 0.29) is 5.91 Å². The number of para-hydroxylation sites is 1. The number of carbonyl (C=O) groups excluding carboxylic acids is 1. The molecule has 2 aromatic heterocycles. The number of hydrogen-bond acceptors (Lipinski definition) is 4. The summed E-state index contributed by atoms with van der Waals surface area (Å²) in [6, 6.07) is 18.7. The molecule has 0 atom stereocenters. The van der Waals surface area contributed by atoms with Crippen LogP contribution in [0.1, 0.15) is 15.9 Å². The van der Waals surface area contributed by atoms with E-state index in [0.29, 0.717) is 22.1 Å². The van der Waals surface area contributed by atoms with Gasteiger partial charge in [0.25, 0.3) is 5.91 Å². The second-order valence-electron chi connectivity index (χ2n) is 6.30. The fourth-order valence-electron chi connectivity index (χ4n) is 2.88. The van der Waals surface area contributed by atoms with Crippen LogP contribution in [0.3, 0.4) is 0 Å². The predicted molar refractivity (Wildman–Crippen MR) is 113 cm³/mol. The van der Waals surface area contributed by atoms with Gasteiger partial charge in [-0.15, -0.1) is 0 Å². The number of fused-ring (bicyclic) bond motifs is 1. The highest BCUT2D eigenvalue weighted by molar-refractivity contribution is 6.31. The van der Waals surface area contributed by atoms with Gasteiger partial charge in [0.15, 0.2) is 0 Å². The molecule has 0 unspecified atom stereocenters. The third-order valence-corrected chi connectivity index (χ3v) is 4.85. The highest BCUT2D eigenvalue weighted by Crippen LogP contribution is 2.25. The minimum absolute atomic E-state index is 0.240. The molecule has 0 aliphatic rings. The Bertz CT molecular complexity index is 1150. The third kappa shape index (κ3) is 3.66. The molecule has 5 nitrogen and oxygen atoms in total. The van der Waals surface area contributed by atoms with Crippen molar-refractivity contribution >= 4 is 45.6 Å².